The average Bonchev–Trinajstić information content (AvgIpc) is 3.05. The van der Waals surface area contributed by atoms with Crippen LogP contribution in [-0.4, -0.2) is 29.0 Å². The van der Waals surface area contributed by atoms with Crippen molar-refractivity contribution in [2.45, 2.75) is 0 Å². The minimum atomic E-state index is -0.154. The molecule has 0 saturated carbocycles. The van der Waals surface area contributed by atoms with Gasteiger partial charge in [-0.15, -0.1) is 0 Å². The zero-order valence-electron chi connectivity index (χ0n) is 10.5. The van der Waals surface area contributed by atoms with E-state index in [1.165, 1.54) is 0 Å². The molecule has 0 aromatic carbocycles. The molecule has 0 aliphatic rings. The molecule has 0 aliphatic heterocycles. The average molecular weight is 544 g/mol. The van der Waals surface area contributed by atoms with Gasteiger partial charge in [-0.1, -0.05) is 0 Å². The third-order valence-corrected chi connectivity index (χ3v) is 10.5. The van der Waals surface area contributed by atoms with Crippen LogP contribution in [0.25, 0.3) is 11.1 Å². The van der Waals surface area contributed by atoms with E-state index in [1.807, 2.05) is 24.3 Å². The van der Waals surface area contributed by atoms with Crippen molar-refractivity contribution in [2.75, 3.05) is 0 Å². The Balaban J connectivity index is 3.05. The summed E-state index contributed by atoms with van der Waals surface area (Å²) in [6.07, 6.45) is 0. The van der Waals surface area contributed by atoms with Gasteiger partial charge in [0, 0.05) is 0 Å². The van der Waals surface area contributed by atoms with Crippen molar-refractivity contribution >= 4 is 72.0 Å². The van der Waals surface area contributed by atoms with Gasteiger partial charge in [0.25, 0.3) is 0 Å². The molecule has 0 amide bonds. The van der Waals surface area contributed by atoms with E-state index >= 15 is 0 Å². The summed E-state index contributed by atoms with van der Waals surface area (Å²) in [6.45, 7) is 0. The SMILES string of the molecule is N#CC(C#N)=c1cc(Br)/c(=c2/[se]c(=C(C#N)C#N)cc2Br)[se]1. The summed E-state index contributed by atoms with van der Waals surface area (Å²) >= 11 is 6.66. The molecule has 22 heavy (non-hydrogen) atoms. The molecule has 4 nitrogen and oxygen atoms in total. The van der Waals surface area contributed by atoms with E-state index in [0.29, 0.717) is 0 Å². The quantitative estimate of drug-likeness (QED) is 0.464. The molecule has 0 spiro atoms. The second kappa shape index (κ2) is 7.28. The third-order valence-electron chi connectivity index (χ3n) is 2.52. The third kappa shape index (κ3) is 3.20. The molecule has 0 saturated heterocycles. The fraction of sp³-hybridized carbons (Fsp3) is 0. The molecule has 0 atom stereocenters. The molecular formula is C14H2Br2N4Se2. The van der Waals surface area contributed by atoms with Crippen molar-refractivity contribution in [1.82, 2.24) is 0 Å². The van der Waals surface area contributed by atoms with Crippen LogP contribution < -0.4 is 8.19 Å². The zero-order valence-corrected chi connectivity index (χ0v) is 17.1. The first-order chi connectivity index (χ1) is 10.5. The summed E-state index contributed by atoms with van der Waals surface area (Å²) in [5, 5.41) is 35.9. The monoisotopic (exact) mass is 544 g/mol. The Morgan fingerprint density at radius 3 is 1.32 bits per heavy atom. The van der Waals surface area contributed by atoms with Crippen LogP contribution in [0.15, 0.2) is 21.1 Å². The Morgan fingerprint density at radius 2 is 1.05 bits per heavy atom. The predicted octanol–water partition coefficient (Wildman–Crippen LogP) is 1.01. The zero-order chi connectivity index (χ0) is 16.3. The van der Waals surface area contributed by atoms with Crippen LogP contribution in [0.2, 0.25) is 0 Å². The Kier molecular flexibility index (Phi) is 5.63. The fourth-order valence-corrected chi connectivity index (χ4v) is 9.42. The Bertz CT molecular complexity index is 1020. The second-order valence-electron chi connectivity index (χ2n) is 3.77. The van der Waals surface area contributed by atoms with E-state index in [9.17, 15) is 0 Å². The summed E-state index contributed by atoms with van der Waals surface area (Å²) in [7, 11) is 0. The number of halogens is 2. The Hall–Kier alpha value is -1.34. The van der Waals surface area contributed by atoms with Crippen molar-refractivity contribution in [3.63, 3.8) is 0 Å². The van der Waals surface area contributed by atoms with Gasteiger partial charge in [-0.3, -0.25) is 0 Å². The van der Waals surface area contributed by atoms with E-state index in [2.05, 4.69) is 31.9 Å². The van der Waals surface area contributed by atoms with Gasteiger partial charge >= 0.3 is 155 Å². The van der Waals surface area contributed by atoms with Gasteiger partial charge in [-0.25, -0.2) is 0 Å². The number of nitrogens with zero attached hydrogens (tertiary/aromatic N) is 4. The van der Waals surface area contributed by atoms with Crippen LogP contribution in [0.4, 0.5) is 0 Å². The van der Waals surface area contributed by atoms with Crippen molar-refractivity contribution in [3.05, 3.63) is 37.4 Å². The molecule has 0 fully saturated rings. The molecule has 104 valence electrons. The first kappa shape index (κ1) is 17.0. The van der Waals surface area contributed by atoms with Gasteiger partial charge in [0.15, 0.2) is 0 Å². The molecule has 0 N–H and O–H groups in total. The number of nitriles is 4. The van der Waals surface area contributed by atoms with E-state index in [1.54, 1.807) is 12.1 Å². The van der Waals surface area contributed by atoms with E-state index in [0.717, 1.165) is 25.3 Å². The normalized spacial score (nSPS) is 10.8. The first-order valence-electron chi connectivity index (χ1n) is 5.49. The van der Waals surface area contributed by atoms with Crippen molar-refractivity contribution in [1.29, 1.82) is 21.0 Å². The Morgan fingerprint density at radius 1 is 0.727 bits per heavy atom. The van der Waals surface area contributed by atoms with Crippen LogP contribution in [0.3, 0.4) is 0 Å². The van der Waals surface area contributed by atoms with Gasteiger partial charge in [-0.05, 0) is 0 Å². The maximum absolute atomic E-state index is 8.98. The molecular weight excluding hydrogens is 542 g/mol. The summed E-state index contributed by atoms with van der Waals surface area (Å²) in [4.78, 5) is 0. The molecule has 0 unspecified atom stereocenters. The molecule has 2 rings (SSSR count). The Labute approximate surface area is 153 Å². The predicted molar refractivity (Wildman–Crippen MR) is 88.4 cm³/mol. The number of hydrogen-bond donors (Lipinski definition) is 0. The molecule has 0 radical (unpaired) electrons. The number of hydrogen-bond acceptors (Lipinski definition) is 4. The van der Waals surface area contributed by atoms with Gasteiger partial charge in [-0.2, -0.15) is 0 Å². The molecule has 2 heterocycles. The van der Waals surface area contributed by atoms with E-state index in [4.69, 9.17) is 21.0 Å². The fourth-order valence-electron chi connectivity index (χ4n) is 1.56. The summed E-state index contributed by atoms with van der Waals surface area (Å²) in [6, 6.07) is 11.3. The maximum atomic E-state index is 8.98. The second-order valence-corrected chi connectivity index (χ2v) is 9.90. The van der Waals surface area contributed by atoms with Gasteiger partial charge in [0.05, 0.1) is 0 Å². The molecule has 0 bridgehead atoms. The topological polar surface area (TPSA) is 95.2 Å². The summed E-state index contributed by atoms with van der Waals surface area (Å²) in [5.41, 5.74) is 0.257. The van der Waals surface area contributed by atoms with Crippen molar-refractivity contribution in [2.24, 2.45) is 0 Å². The van der Waals surface area contributed by atoms with Gasteiger partial charge in [0.2, 0.25) is 0 Å². The van der Waals surface area contributed by atoms with E-state index < -0.39 is 0 Å². The first-order valence-corrected chi connectivity index (χ1v) is 10.5. The van der Waals surface area contributed by atoms with E-state index in [-0.39, 0.29) is 40.2 Å². The molecule has 0 aliphatic carbocycles. The van der Waals surface area contributed by atoms with Crippen molar-refractivity contribution in [3.8, 4) is 24.3 Å². The van der Waals surface area contributed by atoms with Crippen LogP contribution in [-0.2, 0) is 0 Å². The van der Waals surface area contributed by atoms with Crippen LogP contribution >= 0.6 is 31.9 Å². The molecule has 2 aromatic heterocycles. The summed E-state index contributed by atoms with van der Waals surface area (Å²) < 4.78 is 5.26. The van der Waals surface area contributed by atoms with Crippen LogP contribution in [0.5, 0.6) is 0 Å². The standard InChI is InChI=1S/C14H2Br2N4Se2/c15-9-1-11(7(3-17)4-18)21-13(9)14-10(16)2-12(22-14)8(5-19)6-20/h1-2H/b14-13-. The van der Waals surface area contributed by atoms with Gasteiger partial charge in [0.1, 0.15) is 0 Å². The van der Waals surface area contributed by atoms with Crippen LogP contribution in [0.1, 0.15) is 0 Å². The molecule has 8 heteroatoms. The van der Waals surface area contributed by atoms with Gasteiger partial charge < -0.3 is 0 Å². The van der Waals surface area contributed by atoms with Crippen LogP contribution in [0, 0.1) is 53.5 Å². The number of rotatable bonds is 0. The molecule has 2 aromatic rings. The minimum absolute atomic E-state index is 0.128. The summed E-state index contributed by atoms with van der Waals surface area (Å²) in [5.74, 6) is 0. The van der Waals surface area contributed by atoms with Crippen molar-refractivity contribution < 1.29 is 0 Å².